The van der Waals surface area contributed by atoms with E-state index in [1.54, 1.807) is 7.11 Å². The lowest BCUT2D eigenvalue weighted by atomic mass is 9.89. The minimum Gasteiger partial charge on any atom is -0.462 e. The van der Waals surface area contributed by atoms with Gasteiger partial charge in [0.15, 0.2) is 0 Å². The summed E-state index contributed by atoms with van der Waals surface area (Å²) in [6, 6.07) is 0.438. The monoisotopic (exact) mass is 229 g/mol. The number of rotatable bonds is 4. The Morgan fingerprint density at radius 2 is 2.12 bits per heavy atom. The predicted octanol–water partition coefficient (Wildman–Crippen LogP) is 1.29. The van der Waals surface area contributed by atoms with E-state index in [1.165, 1.54) is 6.92 Å². The summed E-state index contributed by atoms with van der Waals surface area (Å²) in [6.07, 6.45) is 1.00. The molecule has 1 aliphatic rings. The fraction of sp³-hybridized carbons (Fsp3) is 0.917. The van der Waals surface area contributed by atoms with Gasteiger partial charge in [-0.2, -0.15) is 0 Å². The number of esters is 1. The summed E-state index contributed by atoms with van der Waals surface area (Å²) in [5.41, 5.74) is 0. The minimum absolute atomic E-state index is 0.0753. The molecule has 4 heteroatoms. The molecule has 1 aliphatic heterocycles. The zero-order chi connectivity index (χ0) is 12.1. The summed E-state index contributed by atoms with van der Waals surface area (Å²) in [5.74, 6) is 0.212. The maximum atomic E-state index is 11.0. The van der Waals surface area contributed by atoms with Gasteiger partial charge in [0, 0.05) is 39.1 Å². The highest BCUT2D eigenvalue weighted by molar-refractivity contribution is 5.66. The molecule has 3 atom stereocenters. The Labute approximate surface area is 97.9 Å². The Kier molecular flexibility index (Phi) is 5.22. The molecule has 0 radical (unpaired) electrons. The number of hydrogen-bond acceptors (Lipinski definition) is 4. The molecular weight excluding hydrogens is 206 g/mol. The number of likely N-dealkylation sites (tertiary alicyclic amines) is 1. The third-order valence-electron chi connectivity index (χ3n) is 3.52. The summed E-state index contributed by atoms with van der Waals surface area (Å²) in [7, 11) is 1.72. The van der Waals surface area contributed by atoms with E-state index in [4.69, 9.17) is 9.47 Å². The van der Waals surface area contributed by atoms with Crippen molar-refractivity contribution in [3.05, 3.63) is 0 Å². The molecule has 0 spiro atoms. The van der Waals surface area contributed by atoms with Crippen LogP contribution in [0, 0.1) is 5.92 Å². The summed E-state index contributed by atoms with van der Waals surface area (Å²) >= 11 is 0. The molecule has 1 saturated heterocycles. The fourth-order valence-electron chi connectivity index (χ4n) is 2.31. The highest BCUT2D eigenvalue weighted by Gasteiger charge is 2.33. The van der Waals surface area contributed by atoms with Crippen LogP contribution < -0.4 is 0 Å². The van der Waals surface area contributed by atoms with Crippen LogP contribution in [-0.4, -0.2) is 49.8 Å². The van der Waals surface area contributed by atoms with Crippen LogP contribution in [0.3, 0.4) is 0 Å². The molecule has 1 heterocycles. The van der Waals surface area contributed by atoms with Crippen molar-refractivity contribution in [1.82, 2.24) is 4.90 Å². The number of nitrogens with zero attached hydrogens (tertiary/aromatic N) is 1. The number of carbonyl (C=O) groups excluding carboxylic acids is 1. The van der Waals surface area contributed by atoms with Crippen molar-refractivity contribution in [2.45, 2.75) is 39.3 Å². The summed E-state index contributed by atoms with van der Waals surface area (Å²) in [4.78, 5) is 13.4. The van der Waals surface area contributed by atoms with Crippen molar-refractivity contribution in [2.75, 3.05) is 26.8 Å². The van der Waals surface area contributed by atoms with Crippen molar-refractivity contribution in [3.63, 3.8) is 0 Å². The van der Waals surface area contributed by atoms with Gasteiger partial charge < -0.3 is 9.47 Å². The molecular formula is C12H23NO3. The third-order valence-corrected chi connectivity index (χ3v) is 3.52. The normalized spacial score (nSPS) is 31.4. The Morgan fingerprint density at radius 1 is 1.44 bits per heavy atom. The number of hydrogen-bond donors (Lipinski definition) is 0. The molecule has 16 heavy (non-hydrogen) atoms. The maximum Gasteiger partial charge on any atom is 0.302 e. The Bertz CT molecular complexity index is 232. The van der Waals surface area contributed by atoms with Crippen molar-refractivity contribution in [3.8, 4) is 0 Å². The van der Waals surface area contributed by atoms with Gasteiger partial charge in [-0.25, -0.2) is 0 Å². The topological polar surface area (TPSA) is 38.8 Å². The molecule has 0 aromatic carbocycles. The number of ether oxygens (including phenoxy) is 2. The van der Waals surface area contributed by atoms with Crippen molar-refractivity contribution < 1.29 is 14.3 Å². The Balaban J connectivity index is 2.47. The van der Waals surface area contributed by atoms with Crippen LogP contribution in [0.15, 0.2) is 0 Å². The fourth-order valence-corrected chi connectivity index (χ4v) is 2.31. The van der Waals surface area contributed by atoms with Gasteiger partial charge in [-0.3, -0.25) is 9.69 Å². The SMILES string of the molecule is COCCN1CC[C@H](OC(C)=O)[C@@H](C)[C@@H]1C. The van der Waals surface area contributed by atoms with Gasteiger partial charge in [0.25, 0.3) is 0 Å². The molecule has 0 N–H and O–H groups in total. The first-order valence-corrected chi connectivity index (χ1v) is 5.96. The zero-order valence-corrected chi connectivity index (χ0v) is 10.7. The molecule has 0 unspecified atom stereocenters. The van der Waals surface area contributed by atoms with E-state index < -0.39 is 0 Å². The second-order valence-corrected chi connectivity index (χ2v) is 4.57. The lowest BCUT2D eigenvalue weighted by Crippen LogP contribution is -2.50. The first kappa shape index (κ1) is 13.5. The summed E-state index contributed by atoms with van der Waals surface area (Å²) in [5, 5.41) is 0. The average Bonchev–Trinajstić information content (AvgIpc) is 2.23. The van der Waals surface area contributed by atoms with Gasteiger partial charge in [0.2, 0.25) is 0 Å². The van der Waals surface area contributed by atoms with Crippen LogP contribution >= 0.6 is 0 Å². The number of methoxy groups -OCH3 is 1. The van der Waals surface area contributed by atoms with Crippen LogP contribution in [0.1, 0.15) is 27.2 Å². The Morgan fingerprint density at radius 3 is 2.69 bits per heavy atom. The average molecular weight is 229 g/mol. The highest BCUT2D eigenvalue weighted by atomic mass is 16.5. The van der Waals surface area contributed by atoms with Crippen molar-refractivity contribution >= 4 is 5.97 Å². The van der Waals surface area contributed by atoms with Gasteiger partial charge in [-0.15, -0.1) is 0 Å². The number of carbonyl (C=O) groups is 1. The maximum absolute atomic E-state index is 11.0. The standard InChI is InChI=1S/C12H23NO3/c1-9-10(2)13(7-8-15-4)6-5-12(9)16-11(3)14/h9-10,12H,5-8H2,1-4H3/t9-,10-,12-/m0/s1. The molecule has 0 bridgehead atoms. The largest absolute Gasteiger partial charge is 0.462 e. The molecule has 0 amide bonds. The van der Waals surface area contributed by atoms with Crippen LogP contribution in [0.25, 0.3) is 0 Å². The van der Waals surface area contributed by atoms with Crippen LogP contribution in [0.2, 0.25) is 0 Å². The second kappa shape index (κ2) is 6.21. The van der Waals surface area contributed by atoms with Gasteiger partial charge in [-0.1, -0.05) is 6.92 Å². The summed E-state index contributed by atoms with van der Waals surface area (Å²) < 4.78 is 10.4. The zero-order valence-electron chi connectivity index (χ0n) is 10.7. The van der Waals surface area contributed by atoms with E-state index in [0.29, 0.717) is 12.0 Å². The van der Waals surface area contributed by atoms with Crippen LogP contribution in [-0.2, 0) is 14.3 Å². The summed E-state index contributed by atoms with van der Waals surface area (Å²) in [6.45, 7) is 8.51. The minimum atomic E-state index is -0.172. The quantitative estimate of drug-likeness (QED) is 0.681. The molecule has 1 fully saturated rings. The van der Waals surface area contributed by atoms with E-state index in [0.717, 1.165) is 26.1 Å². The van der Waals surface area contributed by atoms with E-state index >= 15 is 0 Å². The van der Waals surface area contributed by atoms with E-state index in [-0.39, 0.29) is 12.1 Å². The lowest BCUT2D eigenvalue weighted by Gasteiger charge is -2.41. The molecule has 94 valence electrons. The van der Waals surface area contributed by atoms with E-state index in [9.17, 15) is 4.79 Å². The first-order valence-electron chi connectivity index (χ1n) is 5.96. The molecule has 1 rings (SSSR count). The van der Waals surface area contributed by atoms with E-state index in [2.05, 4.69) is 18.7 Å². The number of piperidine rings is 1. The van der Waals surface area contributed by atoms with Crippen LogP contribution in [0.5, 0.6) is 0 Å². The Hall–Kier alpha value is -0.610. The van der Waals surface area contributed by atoms with Gasteiger partial charge >= 0.3 is 5.97 Å². The predicted molar refractivity (Wildman–Crippen MR) is 62.2 cm³/mol. The first-order chi connectivity index (χ1) is 7.56. The molecule has 0 aromatic rings. The lowest BCUT2D eigenvalue weighted by molar-refractivity contribution is -0.153. The second-order valence-electron chi connectivity index (χ2n) is 4.57. The van der Waals surface area contributed by atoms with E-state index in [1.807, 2.05) is 0 Å². The smallest absolute Gasteiger partial charge is 0.302 e. The van der Waals surface area contributed by atoms with Gasteiger partial charge in [-0.05, 0) is 13.3 Å². The van der Waals surface area contributed by atoms with Crippen LogP contribution in [0.4, 0.5) is 0 Å². The molecule has 0 saturated carbocycles. The van der Waals surface area contributed by atoms with Gasteiger partial charge in [0.1, 0.15) is 6.10 Å². The molecule has 0 aromatic heterocycles. The van der Waals surface area contributed by atoms with Crippen molar-refractivity contribution in [2.24, 2.45) is 5.92 Å². The third kappa shape index (κ3) is 3.46. The van der Waals surface area contributed by atoms with Crippen molar-refractivity contribution in [1.29, 1.82) is 0 Å². The molecule has 4 nitrogen and oxygen atoms in total. The highest BCUT2D eigenvalue weighted by Crippen LogP contribution is 2.25. The van der Waals surface area contributed by atoms with Gasteiger partial charge in [0.05, 0.1) is 6.61 Å². The molecule has 0 aliphatic carbocycles.